The molecule has 2 N–H and O–H groups in total. The highest BCUT2D eigenvalue weighted by molar-refractivity contribution is 6.09. The van der Waals surface area contributed by atoms with Gasteiger partial charge in [0.1, 0.15) is 11.8 Å². The van der Waals surface area contributed by atoms with Gasteiger partial charge in [-0.2, -0.15) is 5.10 Å². The number of carbonyl (C=O) groups excluding carboxylic acids is 1. The molecule has 0 aliphatic rings. The van der Waals surface area contributed by atoms with Crippen molar-refractivity contribution < 1.29 is 9.90 Å². The van der Waals surface area contributed by atoms with Crippen LogP contribution < -0.4 is 5.32 Å². The van der Waals surface area contributed by atoms with Crippen LogP contribution in [0, 0.1) is 13.5 Å². The molecule has 1 atom stereocenters. The zero-order chi connectivity index (χ0) is 26.9. The van der Waals surface area contributed by atoms with Gasteiger partial charge in [-0.25, -0.2) is 9.53 Å². The first-order valence-corrected chi connectivity index (χ1v) is 12.6. The quantitative estimate of drug-likeness (QED) is 0.189. The molecule has 1 heterocycles. The van der Waals surface area contributed by atoms with Gasteiger partial charge < -0.3 is 10.4 Å². The summed E-state index contributed by atoms with van der Waals surface area (Å²) in [6.45, 7) is 9.11. The fraction of sp³-hybridized carbons (Fsp3) is 0.0606. The summed E-state index contributed by atoms with van der Waals surface area (Å²) < 4.78 is 1.54. The topological polar surface area (TPSA) is 71.5 Å². The second kappa shape index (κ2) is 9.90. The predicted molar refractivity (Wildman–Crippen MR) is 154 cm³/mol. The number of aryl methyl sites for hydroxylation is 1. The second-order valence-corrected chi connectivity index (χ2v) is 9.43. The van der Waals surface area contributed by atoms with E-state index in [0.717, 1.165) is 27.1 Å². The van der Waals surface area contributed by atoms with E-state index < -0.39 is 6.10 Å². The standard InChI is InChI=1S/C33H24N4O2/c1-21-17-31(37(36-21)26-13-8-11-24(20-26)34-2)33(39)35-25-12-7-10-23(18-25)32(38)30-19-22-9-3-4-14-27(22)28-15-5-6-16-29(28)30/h3-20,32,38H,1H3,(H,35,39). The largest absolute Gasteiger partial charge is 0.384 e. The van der Waals surface area contributed by atoms with Crippen LogP contribution in [0.25, 0.3) is 32.1 Å². The predicted octanol–water partition coefficient (Wildman–Crippen LogP) is 7.37. The van der Waals surface area contributed by atoms with Gasteiger partial charge in [0.05, 0.1) is 18.0 Å². The van der Waals surface area contributed by atoms with Crippen molar-refractivity contribution in [3.8, 4) is 5.69 Å². The molecule has 1 aromatic heterocycles. The molecule has 0 radical (unpaired) electrons. The number of benzene rings is 5. The van der Waals surface area contributed by atoms with Gasteiger partial charge >= 0.3 is 0 Å². The Labute approximate surface area is 225 Å². The molecular formula is C33H24N4O2. The minimum absolute atomic E-state index is 0.341. The third kappa shape index (κ3) is 4.52. The summed E-state index contributed by atoms with van der Waals surface area (Å²) in [5.41, 5.74) is 4.16. The van der Waals surface area contributed by atoms with Crippen LogP contribution in [0.1, 0.15) is 33.4 Å². The molecule has 0 spiro atoms. The molecule has 6 aromatic rings. The number of anilines is 1. The number of nitrogens with one attached hydrogen (secondary N) is 1. The lowest BCUT2D eigenvalue weighted by molar-refractivity contribution is 0.101. The zero-order valence-electron chi connectivity index (χ0n) is 21.2. The first-order chi connectivity index (χ1) is 19.0. The van der Waals surface area contributed by atoms with Crippen LogP contribution in [-0.4, -0.2) is 20.8 Å². The number of aliphatic hydroxyl groups excluding tert-OH is 1. The smallest absolute Gasteiger partial charge is 0.274 e. The molecule has 0 saturated carbocycles. The van der Waals surface area contributed by atoms with E-state index in [9.17, 15) is 9.90 Å². The number of fused-ring (bicyclic) bond motifs is 3. The summed E-state index contributed by atoms with van der Waals surface area (Å²) in [4.78, 5) is 16.8. The van der Waals surface area contributed by atoms with E-state index in [0.29, 0.717) is 34.0 Å². The monoisotopic (exact) mass is 508 g/mol. The zero-order valence-corrected chi connectivity index (χ0v) is 21.2. The molecule has 0 saturated heterocycles. The van der Waals surface area contributed by atoms with E-state index in [2.05, 4.69) is 27.4 Å². The van der Waals surface area contributed by atoms with Crippen molar-refractivity contribution >= 4 is 38.8 Å². The van der Waals surface area contributed by atoms with E-state index in [1.165, 1.54) is 0 Å². The number of carbonyl (C=O) groups is 1. The molecule has 6 nitrogen and oxygen atoms in total. The van der Waals surface area contributed by atoms with Crippen molar-refractivity contribution in [2.24, 2.45) is 0 Å². The van der Waals surface area contributed by atoms with Crippen LogP contribution in [-0.2, 0) is 0 Å². The molecule has 0 aliphatic carbocycles. The highest BCUT2D eigenvalue weighted by Crippen LogP contribution is 2.35. The summed E-state index contributed by atoms with van der Waals surface area (Å²) in [6, 6.07) is 34.2. The first-order valence-electron chi connectivity index (χ1n) is 12.6. The third-order valence-electron chi connectivity index (χ3n) is 6.82. The minimum atomic E-state index is -0.888. The molecular weight excluding hydrogens is 484 g/mol. The number of hydrogen-bond donors (Lipinski definition) is 2. The lowest BCUT2D eigenvalue weighted by Crippen LogP contribution is -2.17. The molecule has 5 aromatic carbocycles. The van der Waals surface area contributed by atoms with Crippen LogP contribution >= 0.6 is 0 Å². The van der Waals surface area contributed by atoms with Crippen molar-refractivity contribution in [2.45, 2.75) is 13.0 Å². The number of aliphatic hydroxyl groups is 1. The first kappa shape index (κ1) is 24.1. The van der Waals surface area contributed by atoms with E-state index >= 15 is 0 Å². The Balaban J connectivity index is 1.33. The van der Waals surface area contributed by atoms with E-state index in [-0.39, 0.29) is 5.91 Å². The molecule has 188 valence electrons. The number of aromatic nitrogens is 2. The van der Waals surface area contributed by atoms with Gasteiger partial charge in [0.25, 0.3) is 5.91 Å². The van der Waals surface area contributed by atoms with Crippen molar-refractivity contribution in [1.82, 2.24) is 9.78 Å². The molecule has 0 bridgehead atoms. The van der Waals surface area contributed by atoms with Gasteiger partial charge in [0.15, 0.2) is 5.69 Å². The van der Waals surface area contributed by atoms with Gasteiger partial charge in [0, 0.05) is 5.69 Å². The lowest BCUT2D eigenvalue weighted by Gasteiger charge is -2.17. The van der Waals surface area contributed by atoms with Crippen molar-refractivity contribution in [2.75, 3.05) is 5.32 Å². The summed E-state index contributed by atoms with van der Waals surface area (Å²) in [6.07, 6.45) is -0.888. The summed E-state index contributed by atoms with van der Waals surface area (Å²) in [5, 5.41) is 23.2. The van der Waals surface area contributed by atoms with Gasteiger partial charge in [-0.15, -0.1) is 0 Å². The highest BCUT2D eigenvalue weighted by Gasteiger charge is 2.19. The fourth-order valence-corrected chi connectivity index (χ4v) is 5.02. The Morgan fingerprint density at radius 2 is 1.62 bits per heavy atom. The maximum atomic E-state index is 13.4. The maximum Gasteiger partial charge on any atom is 0.274 e. The summed E-state index contributed by atoms with van der Waals surface area (Å²) in [7, 11) is 0. The van der Waals surface area contributed by atoms with E-state index in [1.54, 1.807) is 41.1 Å². The number of rotatable bonds is 5. The van der Waals surface area contributed by atoms with Gasteiger partial charge in [-0.3, -0.25) is 4.79 Å². The Bertz CT molecular complexity index is 1920. The minimum Gasteiger partial charge on any atom is -0.384 e. The number of hydrogen-bond acceptors (Lipinski definition) is 3. The molecule has 6 heteroatoms. The summed E-state index contributed by atoms with van der Waals surface area (Å²) >= 11 is 0. The Hall–Kier alpha value is -5.25. The van der Waals surface area contributed by atoms with Crippen molar-refractivity contribution in [1.29, 1.82) is 0 Å². The molecule has 1 amide bonds. The van der Waals surface area contributed by atoms with Crippen molar-refractivity contribution in [3.63, 3.8) is 0 Å². The maximum absolute atomic E-state index is 13.4. The fourth-order valence-electron chi connectivity index (χ4n) is 5.02. The van der Waals surface area contributed by atoms with Crippen LogP contribution in [0.4, 0.5) is 11.4 Å². The van der Waals surface area contributed by atoms with E-state index in [4.69, 9.17) is 6.57 Å². The van der Waals surface area contributed by atoms with Gasteiger partial charge in [-0.1, -0.05) is 72.8 Å². The summed E-state index contributed by atoms with van der Waals surface area (Å²) in [5.74, 6) is -0.341. The Morgan fingerprint density at radius 3 is 2.44 bits per heavy atom. The number of amides is 1. The molecule has 1 unspecified atom stereocenters. The average molecular weight is 509 g/mol. The highest BCUT2D eigenvalue weighted by atomic mass is 16.3. The molecule has 0 aliphatic heterocycles. The second-order valence-electron chi connectivity index (χ2n) is 9.43. The van der Waals surface area contributed by atoms with Crippen LogP contribution in [0.5, 0.6) is 0 Å². The third-order valence-corrected chi connectivity index (χ3v) is 6.82. The Kier molecular flexibility index (Phi) is 6.12. The van der Waals surface area contributed by atoms with Gasteiger partial charge in [-0.05, 0) is 76.0 Å². The molecule has 0 fully saturated rings. The Morgan fingerprint density at radius 1 is 0.872 bits per heavy atom. The van der Waals surface area contributed by atoms with Crippen LogP contribution in [0.15, 0.2) is 109 Å². The van der Waals surface area contributed by atoms with Crippen molar-refractivity contribution in [3.05, 3.63) is 143 Å². The lowest BCUT2D eigenvalue weighted by atomic mass is 9.92. The molecule has 6 rings (SSSR count). The molecule has 39 heavy (non-hydrogen) atoms. The average Bonchev–Trinajstić information content (AvgIpc) is 3.38. The van der Waals surface area contributed by atoms with E-state index in [1.807, 2.05) is 67.6 Å². The van der Waals surface area contributed by atoms with Gasteiger partial charge in [0.2, 0.25) is 0 Å². The number of nitrogens with zero attached hydrogens (tertiary/aromatic N) is 3. The van der Waals surface area contributed by atoms with Crippen LogP contribution in [0.3, 0.4) is 0 Å². The SMILES string of the molecule is [C-]#[N+]c1cccc(-n2nc(C)cc2C(=O)Nc2cccc(C(O)c3cc4ccccc4c4ccccc34)c2)c1. The normalized spacial score (nSPS) is 11.8. The van der Waals surface area contributed by atoms with Crippen LogP contribution in [0.2, 0.25) is 0 Å².